The second-order valence-electron chi connectivity index (χ2n) is 9.67. The van der Waals surface area contributed by atoms with Crippen LogP contribution >= 0.6 is 0 Å². The number of carbonyl (C=O) groups is 3. The Hall–Kier alpha value is -3.23. The minimum atomic E-state index is -1.02. The first-order valence-corrected chi connectivity index (χ1v) is 11.3. The zero-order valence-corrected chi connectivity index (χ0v) is 20.2. The zero-order valence-electron chi connectivity index (χ0n) is 20.2. The van der Waals surface area contributed by atoms with Gasteiger partial charge in [-0.1, -0.05) is 0 Å². The molecule has 0 radical (unpaired) electrons. The molecule has 1 aromatic heterocycles. The first kappa shape index (κ1) is 25.4. The molecule has 1 aromatic carbocycles. The molecule has 2 atom stereocenters. The van der Waals surface area contributed by atoms with E-state index in [4.69, 9.17) is 9.47 Å². The summed E-state index contributed by atoms with van der Waals surface area (Å²) in [4.78, 5) is 42.9. The van der Waals surface area contributed by atoms with Crippen molar-refractivity contribution in [3.63, 3.8) is 0 Å². The summed E-state index contributed by atoms with van der Waals surface area (Å²) < 4.78 is 25.0. The predicted octanol–water partition coefficient (Wildman–Crippen LogP) is 4.61. The van der Waals surface area contributed by atoms with E-state index in [-0.39, 0.29) is 35.8 Å². The Balaban J connectivity index is 1.77. The highest BCUT2D eigenvalue weighted by Crippen LogP contribution is 2.32. The summed E-state index contributed by atoms with van der Waals surface area (Å²) in [5, 5.41) is 10.3. The fraction of sp³-hybridized carbons (Fsp3) is 0.520. The number of benzene rings is 1. The summed E-state index contributed by atoms with van der Waals surface area (Å²) in [6.07, 6.45) is 0.253. The molecule has 1 saturated heterocycles. The van der Waals surface area contributed by atoms with Gasteiger partial charge in [-0.3, -0.25) is 9.59 Å². The average molecular weight is 475 g/mol. The van der Waals surface area contributed by atoms with Gasteiger partial charge in [0, 0.05) is 36.0 Å². The Kier molecular flexibility index (Phi) is 7.43. The Morgan fingerprint density at radius 3 is 2.59 bits per heavy atom. The highest BCUT2D eigenvalue weighted by Gasteiger charge is 2.37. The number of fused-ring (bicyclic) bond motifs is 1. The van der Waals surface area contributed by atoms with Gasteiger partial charge in [-0.15, -0.1) is 0 Å². The number of carboxylic acids is 1. The third-order valence-corrected chi connectivity index (χ3v) is 6.12. The number of ether oxygens (including phenoxy) is 2. The normalized spacial score (nSPS) is 18.6. The quantitative estimate of drug-likeness (QED) is 0.481. The first-order valence-electron chi connectivity index (χ1n) is 11.3. The first-order chi connectivity index (χ1) is 15.9. The number of piperidine rings is 1. The SMILES string of the molecule is COc1ccc2nc(F)c(C)c(C(=O)CC[C@@H]3CCN(C(=O)OC(C)(C)C)C[C@@H]3C(=O)O)c2c1. The molecule has 1 N–H and O–H groups in total. The summed E-state index contributed by atoms with van der Waals surface area (Å²) in [6.45, 7) is 7.13. The van der Waals surface area contributed by atoms with Crippen LogP contribution in [-0.4, -0.2) is 58.6 Å². The Labute approximate surface area is 198 Å². The maximum absolute atomic E-state index is 14.4. The van der Waals surface area contributed by atoms with E-state index in [0.717, 1.165) is 0 Å². The number of rotatable bonds is 6. The molecule has 2 heterocycles. The van der Waals surface area contributed by atoms with E-state index in [0.29, 0.717) is 36.0 Å². The summed E-state index contributed by atoms with van der Waals surface area (Å²) >= 11 is 0. The van der Waals surface area contributed by atoms with Crippen LogP contribution in [0, 0.1) is 24.7 Å². The van der Waals surface area contributed by atoms with Crippen molar-refractivity contribution < 1.29 is 33.4 Å². The van der Waals surface area contributed by atoms with Crippen molar-refractivity contribution >= 4 is 28.7 Å². The number of carbonyl (C=O) groups excluding carboxylic acids is 2. The van der Waals surface area contributed by atoms with Crippen LogP contribution in [0.4, 0.5) is 9.18 Å². The molecule has 0 unspecified atom stereocenters. The van der Waals surface area contributed by atoms with Crippen LogP contribution in [-0.2, 0) is 9.53 Å². The van der Waals surface area contributed by atoms with Gasteiger partial charge < -0.3 is 19.5 Å². The Bertz CT molecular complexity index is 1110. The number of halogens is 1. The van der Waals surface area contributed by atoms with E-state index < -0.39 is 29.5 Å². The molecule has 0 aliphatic carbocycles. The van der Waals surface area contributed by atoms with Gasteiger partial charge in [0.05, 0.1) is 18.5 Å². The molecule has 1 aliphatic heterocycles. The maximum atomic E-state index is 14.4. The predicted molar refractivity (Wildman–Crippen MR) is 124 cm³/mol. The molecule has 2 aromatic rings. The van der Waals surface area contributed by atoms with Gasteiger partial charge in [-0.25, -0.2) is 9.78 Å². The fourth-order valence-electron chi connectivity index (χ4n) is 4.35. The van der Waals surface area contributed by atoms with Gasteiger partial charge in [-0.05, 0) is 64.7 Å². The molecule has 3 rings (SSSR count). The number of hydrogen-bond acceptors (Lipinski definition) is 6. The van der Waals surface area contributed by atoms with Gasteiger partial charge in [0.1, 0.15) is 11.4 Å². The van der Waals surface area contributed by atoms with Gasteiger partial charge in [0.25, 0.3) is 0 Å². The lowest BCUT2D eigenvalue weighted by Gasteiger charge is -2.37. The van der Waals surface area contributed by atoms with E-state index in [1.807, 2.05) is 0 Å². The number of hydrogen-bond donors (Lipinski definition) is 1. The van der Waals surface area contributed by atoms with Crippen LogP contribution in [0.1, 0.15) is 56.0 Å². The number of pyridine rings is 1. The smallest absolute Gasteiger partial charge is 0.410 e. The molecular formula is C25H31FN2O6. The molecule has 0 bridgehead atoms. The van der Waals surface area contributed by atoms with Crippen molar-refractivity contribution in [1.29, 1.82) is 0 Å². The number of nitrogens with zero attached hydrogens (tertiary/aromatic N) is 2. The van der Waals surface area contributed by atoms with Crippen molar-refractivity contribution in [3.8, 4) is 5.75 Å². The number of aromatic nitrogens is 1. The lowest BCUT2D eigenvalue weighted by molar-refractivity contribution is -0.145. The average Bonchev–Trinajstić information content (AvgIpc) is 2.76. The van der Waals surface area contributed by atoms with Crippen molar-refractivity contribution in [2.75, 3.05) is 20.2 Å². The third kappa shape index (κ3) is 5.63. The van der Waals surface area contributed by atoms with Crippen molar-refractivity contribution in [2.45, 2.75) is 52.6 Å². The monoisotopic (exact) mass is 474 g/mol. The molecular weight excluding hydrogens is 443 g/mol. The summed E-state index contributed by atoms with van der Waals surface area (Å²) in [5.41, 5.74) is 0.0587. The van der Waals surface area contributed by atoms with E-state index in [1.54, 1.807) is 39.0 Å². The van der Waals surface area contributed by atoms with Gasteiger partial charge in [-0.2, -0.15) is 4.39 Å². The number of ketones is 1. The topological polar surface area (TPSA) is 106 Å². The number of amides is 1. The minimum absolute atomic E-state index is 0.0200. The molecule has 9 heteroatoms. The second-order valence-corrected chi connectivity index (χ2v) is 9.67. The number of Topliss-reactive ketones (excluding diaryl/α,β-unsaturated/α-hetero) is 1. The summed E-state index contributed by atoms with van der Waals surface area (Å²) in [7, 11) is 1.50. The fourth-order valence-corrected chi connectivity index (χ4v) is 4.35. The highest BCUT2D eigenvalue weighted by molar-refractivity contribution is 6.08. The lowest BCUT2D eigenvalue weighted by Crippen LogP contribution is -2.48. The number of carboxylic acid groups (broad SMARTS) is 1. The van der Waals surface area contributed by atoms with E-state index in [2.05, 4.69) is 4.98 Å². The molecule has 184 valence electrons. The van der Waals surface area contributed by atoms with Gasteiger partial charge >= 0.3 is 12.1 Å². The second kappa shape index (κ2) is 9.95. The number of aliphatic carboxylic acids is 1. The van der Waals surface area contributed by atoms with Crippen molar-refractivity contribution in [1.82, 2.24) is 9.88 Å². The summed E-state index contributed by atoms with van der Waals surface area (Å²) in [5.74, 6) is -2.61. The lowest BCUT2D eigenvalue weighted by atomic mass is 9.81. The zero-order chi connectivity index (χ0) is 25.2. The van der Waals surface area contributed by atoms with Crippen LogP contribution in [0.2, 0.25) is 0 Å². The highest BCUT2D eigenvalue weighted by atomic mass is 19.1. The molecule has 0 spiro atoms. The number of methoxy groups -OCH3 is 1. The van der Waals surface area contributed by atoms with Crippen molar-refractivity contribution in [2.24, 2.45) is 11.8 Å². The molecule has 1 amide bonds. The van der Waals surface area contributed by atoms with Crippen LogP contribution < -0.4 is 4.74 Å². The standard InChI is InChI=1S/C25H31FN2O6/c1-14-21(17-12-16(33-5)7-8-19(17)27-22(14)26)20(29)9-6-15-10-11-28(13-18(15)23(30)31)24(32)34-25(2,3)4/h7-8,12,15,18H,6,9-11,13H2,1-5H3,(H,30,31)/t15-,18+/m1/s1. The van der Waals surface area contributed by atoms with Crippen LogP contribution in [0.25, 0.3) is 10.9 Å². The third-order valence-electron chi connectivity index (χ3n) is 6.12. The molecule has 1 fully saturated rings. The van der Waals surface area contributed by atoms with E-state index in [1.165, 1.54) is 18.9 Å². The van der Waals surface area contributed by atoms with Crippen LogP contribution in [0.3, 0.4) is 0 Å². The van der Waals surface area contributed by atoms with Crippen LogP contribution in [0.5, 0.6) is 5.75 Å². The summed E-state index contributed by atoms with van der Waals surface area (Å²) in [6, 6.07) is 4.90. The van der Waals surface area contributed by atoms with Crippen molar-refractivity contribution in [3.05, 3.63) is 35.3 Å². The van der Waals surface area contributed by atoms with E-state index in [9.17, 15) is 23.9 Å². The maximum Gasteiger partial charge on any atom is 0.410 e. The molecule has 0 saturated carbocycles. The minimum Gasteiger partial charge on any atom is -0.497 e. The molecule has 34 heavy (non-hydrogen) atoms. The number of likely N-dealkylation sites (tertiary alicyclic amines) is 1. The largest absolute Gasteiger partial charge is 0.497 e. The van der Waals surface area contributed by atoms with Crippen LogP contribution in [0.15, 0.2) is 18.2 Å². The van der Waals surface area contributed by atoms with Gasteiger partial charge in [0.2, 0.25) is 5.95 Å². The van der Waals surface area contributed by atoms with E-state index >= 15 is 0 Å². The Morgan fingerprint density at radius 2 is 1.97 bits per heavy atom. The van der Waals surface area contributed by atoms with Gasteiger partial charge in [0.15, 0.2) is 5.78 Å². The molecule has 8 nitrogen and oxygen atoms in total. The Morgan fingerprint density at radius 1 is 1.26 bits per heavy atom. The molecule has 1 aliphatic rings.